The van der Waals surface area contributed by atoms with Gasteiger partial charge in [0.05, 0.1) is 13.2 Å². The highest BCUT2D eigenvalue weighted by Gasteiger charge is 2.22. The molecule has 1 saturated heterocycles. The minimum absolute atomic E-state index is 0.0495. The highest BCUT2D eigenvalue weighted by atomic mass is 16.5. The lowest BCUT2D eigenvalue weighted by Gasteiger charge is -2.21. The van der Waals surface area contributed by atoms with Crippen molar-refractivity contribution < 1.29 is 14.3 Å². The summed E-state index contributed by atoms with van der Waals surface area (Å²) in [5.74, 6) is -0.496. The quantitative estimate of drug-likeness (QED) is 0.506. The number of ketones is 1. The molecule has 4 nitrogen and oxygen atoms in total. The minimum atomic E-state index is -0.447. The first kappa shape index (κ1) is 10.2. The fraction of sp³-hybridized carbons (Fsp3) is 0.778. The summed E-state index contributed by atoms with van der Waals surface area (Å²) in [6.45, 7) is 0.873. The Bertz CT molecular complexity index is 197. The van der Waals surface area contributed by atoms with Crippen molar-refractivity contribution in [3.8, 4) is 0 Å². The van der Waals surface area contributed by atoms with E-state index in [4.69, 9.17) is 0 Å². The van der Waals surface area contributed by atoms with Crippen molar-refractivity contribution in [2.75, 3.05) is 13.7 Å². The number of esters is 1. The van der Waals surface area contributed by atoms with E-state index in [9.17, 15) is 9.59 Å². The fourth-order valence-corrected chi connectivity index (χ4v) is 1.46. The molecular formula is C9H15NO3. The third kappa shape index (κ3) is 3.14. The molecule has 13 heavy (non-hydrogen) atoms. The van der Waals surface area contributed by atoms with E-state index < -0.39 is 5.97 Å². The van der Waals surface area contributed by atoms with E-state index in [1.165, 1.54) is 7.11 Å². The number of rotatable bonds is 3. The monoisotopic (exact) mass is 185 g/mol. The summed E-state index contributed by atoms with van der Waals surface area (Å²) in [6, 6.07) is -0.132. The summed E-state index contributed by atoms with van der Waals surface area (Å²) in [5.41, 5.74) is 0. The van der Waals surface area contributed by atoms with Gasteiger partial charge in [0, 0.05) is 0 Å². The van der Waals surface area contributed by atoms with Gasteiger partial charge in [-0.25, -0.2) is 0 Å². The zero-order valence-corrected chi connectivity index (χ0v) is 7.84. The summed E-state index contributed by atoms with van der Waals surface area (Å²) in [4.78, 5) is 22.2. The highest BCUT2D eigenvalue weighted by molar-refractivity contribution is 5.98. The van der Waals surface area contributed by atoms with Crippen LogP contribution in [-0.2, 0) is 14.3 Å². The number of ether oxygens (including phenoxy) is 1. The van der Waals surface area contributed by atoms with Gasteiger partial charge in [-0.3, -0.25) is 9.59 Å². The molecular weight excluding hydrogens is 170 g/mol. The van der Waals surface area contributed by atoms with Gasteiger partial charge in [-0.15, -0.1) is 0 Å². The molecule has 74 valence electrons. The predicted molar refractivity (Wildman–Crippen MR) is 47.3 cm³/mol. The van der Waals surface area contributed by atoms with Gasteiger partial charge in [-0.05, 0) is 19.4 Å². The molecule has 0 aromatic rings. The van der Waals surface area contributed by atoms with E-state index in [0.29, 0.717) is 0 Å². The van der Waals surface area contributed by atoms with Crippen molar-refractivity contribution in [2.45, 2.75) is 31.7 Å². The van der Waals surface area contributed by atoms with E-state index >= 15 is 0 Å². The van der Waals surface area contributed by atoms with Crippen LogP contribution in [0.1, 0.15) is 25.7 Å². The Balaban J connectivity index is 2.33. The van der Waals surface area contributed by atoms with Gasteiger partial charge in [-0.1, -0.05) is 6.42 Å². The first-order valence-electron chi connectivity index (χ1n) is 4.57. The van der Waals surface area contributed by atoms with Crippen LogP contribution in [0.4, 0.5) is 0 Å². The Morgan fingerprint density at radius 2 is 2.23 bits per heavy atom. The molecule has 0 aliphatic carbocycles. The molecule has 4 heteroatoms. The number of carbonyl (C=O) groups excluding carboxylic acids is 2. The van der Waals surface area contributed by atoms with Crippen molar-refractivity contribution in [2.24, 2.45) is 0 Å². The smallest absolute Gasteiger partial charge is 0.313 e. The van der Waals surface area contributed by atoms with Gasteiger partial charge in [0.25, 0.3) is 0 Å². The van der Waals surface area contributed by atoms with Crippen molar-refractivity contribution in [3.05, 3.63) is 0 Å². The Labute approximate surface area is 77.6 Å². The molecule has 0 amide bonds. The number of hydrogen-bond acceptors (Lipinski definition) is 4. The molecule has 0 aromatic heterocycles. The van der Waals surface area contributed by atoms with E-state index in [0.717, 1.165) is 25.8 Å². The number of Topliss-reactive ketones (excluding diaryl/α,β-unsaturated/α-hetero) is 1. The Morgan fingerprint density at radius 1 is 1.46 bits per heavy atom. The normalized spacial score (nSPS) is 22.4. The van der Waals surface area contributed by atoms with Gasteiger partial charge < -0.3 is 10.1 Å². The lowest BCUT2D eigenvalue weighted by atomic mass is 9.99. The topological polar surface area (TPSA) is 55.4 Å². The summed E-state index contributed by atoms with van der Waals surface area (Å²) < 4.78 is 4.42. The zero-order chi connectivity index (χ0) is 9.68. The first-order valence-corrected chi connectivity index (χ1v) is 4.57. The van der Waals surface area contributed by atoms with E-state index in [1.54, 1.807) is 0 Å². The summed E-state index contributed by atoms with van der Waals surface area (Å²) in [7, 11) is 1.30. The Hall–Kier alpha value is -0.900. The Morgan fingerprint density at radius 3 is 2.77 bits per heavy atom. The third-order valence-electron chi connectivity index (χ3n) is 2.25. The molecule has 1 fully saturated rings. The van der Waals surface area contributed by atoms with Crippen LogP contribution >= 0.6 is 0 Å². The van der Waals surface area contributed by atoms with E-state index in [1.807, 2.05) is 0 Å². The maximum absolute atomic E-state index is 11.4. The molecule has 1 atom stereocenters. The fourth-order valence-electron chi connectivity index (χ4n) is 1.46. The lowest BCUT2D eigenvalue weighted by Crippen LogP contribution is -2.41. The molecule has 1 heterocycles. The maximum atomic E-state index is 11.4. The van der Waals surface area contributed by atoms with Crippen LogP contribution < -0.4 is 5.32 Å². The van der Waals surface area contributed by atoms with Crippen LogP contribution in [0.2, 0.25) is 0 Å². The molecule has 0 unspecified atom stereocenters. The summed E-state index contributed by atoms with van der Waals surface area (Å²) >= 11 is 0. The first-order chi connectivity index (χ1) is 6.24. The van der Waals surface area contributed by atoms with Crippen molar-refractivity contribution in [3.63, 3.8) is 0 Å². The predicted octanol–water partition coefficient (Wildman–Crippen LogP) is 0.261. The van der Waals surface area contributed by atoms with Gasteiger partial charge in [0.1, 0.15) is 6.42 Å². The molecule has 1 N–H and O–H groups in total. The summed E-state index contributed by atoms with van der Waals surface area (Å²) in [6.07, 6.45) is 2.91. The summed E-state index contributed by atoms with van der Waals surface area (Å²) in [5, 5.41) is 3.09. The van der Waals surface area contributed by atoms with Crippen LogP contribution in [0.25, 0.3) is 0 Å². The van der Waals surface area contributed by atoms with Crippen LogP contribution in [0.15, 0.2) is 0 Å². The second kappa shape index (κ2) is 4.97. The van der Waals surface area contributed by atoms with Crippen LogP contribution in [-0.4, -0.2) is 31.4 Å². The van der Waals surface area contributed by atoms with Gasteiger partial charge in [0.2, 0.25) is 0 Å². The minimum Gasteiger partial charge on any atom is -0.469 e. The lowest BCUT2D eigenvalue weighted by molar-refractivity contribution is -0.143. The van der Waals surface area contributed by atoms with Gasteiger partial charge >= 0.3 is 5.97 Å². The highest BCUT2D eigenvalue weighted by Crippen LogP contribution is 2.09. The molecule has 0 bridgehead atoms. The van der Waals surface area contributed by atoms with Crippen LogP contribution in [0.3, 0.4) is 0 Å². The second-order valence-electron chi connectivity index (χ2n) is 3.22. The Kier molecular flexibility index (Phi) is 3.89. The number of methoxy groups -OCH3 is 1. The number of piperidine rings is 1. The van der Waals surface area contributed by atoms with Crippen LogP contribution in [0, 0.1) is 0 Å². The molecule has 0 spiro atoms. The van der Waals surface area contributed by atoms with Crippen molar-refractivity contribution in [1.82, 2.24) is 5.32 Å². The molecule has 1 aliphatic rings. The van der Waals surface area contributed by atoms with Crippen molar-refractivity contribution >= 4 is 11.8 Å². The van der Waals surface area contributed by atoms with E-state index in [-0.39, 0.29) is 18.2 Å². The second-order valence-corrected chi connectivity index (χ2v) is 3.22. The number of carbonyl (C=O) groups is 2. The van der Waals surface area contributed by atoms with E-state index in [2.05, 4.69) is 10.1 Å². The average Bonchev–Trinajstić information content (AvgIpc) is 2.19. The molecule has 1 rings (SSSR count). The number of hydrogen-bond donors (Lipinski definition) is 1. The molecule has 1 aliphatic heterocycles. The van der Waals surface area contributed by atoms with Gasteiger partial charge in [-0.2, -0.15) is 0 Å². The molecule has 0 aromatic carbocycles. The SMILES string of the molecule is COC(=O)CC(=O)[C@H]1CCCCN1. The zero-order valence-electron chi connectivity index (χ0n) is 7.84. The van der Waals surface area contributed by atoms with Gasteiger partial charge in [0.15, 0.2) is 5.78 Å². The van der Waals surface area contributed by atoms with Crippen molar-refractivity contribution in [1.29, 1.82) is 0 Å². The molecule has 0 radical (unpaired) electrons. The number of nitrogens with one attached hydrogen (secondary N) is 1. The maximum Gasteiger partial charge on any atom is 0.313 e. The average molecular weight is 185 g/mol. The standard InChI is InChI=1S/C9H15NO3/c1-13-9(12)6-8(11)7-4-2-3-5-10-7/h7,10H,2-6H2,1H3/t7-/m1/s1. The third-order valence-corrected chi connectivity index (χ3v) is 2.25. The van der Waals surface area contributed by atoms with Crippen LogP contribution in [0.5, 0.6) is 0 Å². The largest absolute Gasteiger partial charge is 0.469 e. The molecule has 0 saturated carbocycles.